The first-order chi connectivity index (χ1) is 15.9. The van der Waals surface area contributed by atoms with E-state index in [1.807, 2.05) is 17.2 Å². The number of aliphatic hydroxyl groups excluding tert-OH is 1. The Hall–Kier alpha value is -3.24. The van der Waals surface area contributed by atoms with Gasteiger partial charge >= 0.3 is 0 Å². The summed E-state index contributed by atoms with van der Waals surface area (Å²) >= 11 is 0. The molecule has 9 nitrogen and oxygen atoms in total. The van der Waals surface area contributed by atoms with Crippen molar-refractivity contribution < 1.29 is 18.3 Å². The van der Waals surface area contributed by atoms with Gasteiger partial charge in [-0.15, -0.1) is 0 Å². The van der Waals surface area contributed by atoms with Crippen LogP contribution < -0.4 is 0 Å². The van der Waals surface area contributed by atoms with Crippen LogP contribution in [0.1, 0.15) is 31.0 Å². The first kappa shape index (κ1) is 21.6. The van der Waals surface area contributed by atoms with Crippen LogP contribution in [0.3, 0.4) is 0 Å². The highest BCUT2D eigenvalue weighted by Crippen LogP contribution is 2.34. The molecule has 1 aliphatic rings. The van der Waals surface area contributed by atoms with E-state index in [-0.39, 0.29) is 29.7 Å². The third-order valence-corrected chi connectivity index (χ3v) is 7.35. The van der Waals surface area contributed by atoms with Gasteiger partial charge in [0.15, 0.2) is 15.5 Å². The van der Waals surface area contributed by atoms with Crippen LogP contribution in [-0.4, -0.2) is 69.6 Å². The van der Waals surface area contributed by atoms with E-state index < -0.39 is 9.84 Å². The Kier molecular flexibility index (Phi) is 5.41. The quantitative estimate of drug-likeness (QED) is 0.465. The number of aromatic amines is 1. The van der Waals surface area contributed by atoms with Gasteiger partial charge in [0.05, 0.1) is 34.4 Å². The van der Waals surface area contributed by atoms with Crippen LogP contribution in [0.25, 0.3) is 27.9 Å². The molecular weight excluding hydrogens is 442 g/mol. The van der Waals surface area contributed by atoms with Gasteiger partial charge in [0.25, 0.3) is 0 Å². The average molecular weight is 468 g/mol. The van der Waals surface area contributed by atoms with E-state index in [9.17, 15) is 18.3 Å². The molecule has 2 N–H and O–H groups in total. The van der Waals surface area contributed by atoms with Crippen molar-refractivity contribution in [2.24, 2.45) is 0 Å². The minimum atomic E-state index is -3.29. The zero-order valence-electron chi connectivity index (χ0n) is 18.2. The third-order valence-electron chi connectivity index (χ3n) is 6.22. The molecule has 3 aromatic heterocycles. The second-order valence-corrected chi connectivity index (χ2v) is 10.5. The number of fused-ring (bicyclic) bond motifs is 3. The number of rotatable bonds is 5. The predicted octanol–water partition coefficient (Wildman–Crippen LogP) is 2.37. The molecule has 4 aromatic rings. The lowest BCUT2D eigenvalue weighted by Crippen LogP contribution is -2.39. The van der Waals surface area contributed by atoms with Gasteiger partial charge in [0.2, 0.25) is 5.91 Å². The summed E-state index contributed by atoms with van der Waals surface area (Å²) in [4.78, 5) is 27.2. The number of imidazole rings is 1. The van der Waals surface area contributed by atoms with E-state index in [2.05, 4.69) is 14.4 Å². The van der Waals surface area contributed by atoms with Crippen LogP contribution in [0.2, 0.25) is 0 Å². The lowest BCUT2D eigenvalue weighted by molar-refractivity contribution is -0.133. The molecule has 1 aliphatic heterocycles. The number of benzene rings is 1. The highest BCUT2D eigenvalue weighted by atomic mass is 32.2. The van der Waals surface area contributed by atoms with Gasteiger partial charge < -0.3 is 15.0 Å². The van der Waals surface area contributed by atoms with E-state index in [0.29, 0.717) is 13.1 Å². The van der Waals surface area contributed by atoms with Gasteiger partial charge in [-0.3, -0.25) is 9.20 Å². The standard InChI is InChI=1S/C23H25N5O4S/c1-33(31,32)17-6-4-15(5-7-17)21-19-13-25-22-18(8-10-24-22)28(19)23(26-21)16-3-2-11-27(14-16)20(30)9-12-29/h4-8,10,13,16,24,29H,2-3,9,11-12,14H2,1H3. The van der Waals surface area contributed by atoms with Gasteiger partial charge in [-0.25, -0.2) is 18.4 Å². The van der Waals surface area contributed by atoms with Crippen LogP contribution in [0, 0.1) is 0 Å². The molecular formula is C23H25N5O4S. The molecule has 4 heterocycles. The first-order valence-electron chi connectivity index (χ1n) is 10.9. The Balaban J connectivity index is 1.63. The van der Waals surface area contributed by atoms with E-state index in [0.717, 1.165) is 46.6 Å². The molecule has 1 aromatic carbocycles. The van der Waals surface area contributed by atoms with Gasteiger partial charge in [0.1, 0.15) is 5.82 Å². The Morgan fingerprint density at radius 1 is 1.21 bits per heavy atom. The maximum Gasteiger partial charge on any atom is 0.224 e. The Bertz CT molecular complexity index is 1440. The highest BCUT2D eigenvalue weighted by Gasteiger charge is 2.29. The number of aromatic nitrogens is 4. The molecule has 1 atom stereocenters. The van der Waals surface area contributed by atoms with E-state index in [1.54, 1.807) is 30.5 Å². The molecule has 1 fully saturated rings. The summed E-state index contributed by atoms with van der Waals surface area (Å²) in [6, 6.07) is 8.67. The molecule has 1 saturated heterocycles. The Morgan fingerprint density at radius 2 is 2.00 bits per heavy atom. The highest BCUT2D eigenvalue weighted by molar-refractivity contribution is 7.90. The molecule has 0 bridgehead atoms. The summed E-state index contributed by atoms with van der Waals surface area (Å²) < 4.78 is 25.8. The van der Waals surface area contributed by atoms with Crippen molar-refractivity contribution in [1.29, 1.82) is 0 Å². The normalized spacial score (nSPS) is 17.2. The third kappa shape index (κ3) is 3.89. The molecule has 0 radical (unpaired) electrons. The summed E-state index contributed by atoms with van der Waals surface area (Å²) in [6.45, 7) is 1.06. The molecule has 172 valence electrons. The van der Waals surface area contributed by atoms with Gasteiger partial charge in [-0.1, -0.05) is 12.1 Å². The first-order valence-corrected chi connectivity index (χ1v) is 12.8. The lowest BCUT2D eigenvalue weighted by Gasteiger charge is -2.32. The number of H-pyrrole nitrogens is 1. The number of aliphatic hydroxyl groups is 1. The van der Waals surface area contributed by atoms with Crippen molar-refractivity contribution in [3.63, 3.8) is 0 Å². The van der Waals surface area contributed by atoms with Crippen molar-refractivity contribution in [2.75, 3.05) is 26.0 Å². The number of carbonyl (C=O) groups is 1. The predicted molar refractivity (Wildman–Crippen MR) is 124 cm³/mol. The maximum absolute atomic E-state index is 12.4. The van der Waals surface area contributed by atoms with Crippen molar-refractivity contribution >= 4 is 32.4 Å². The van der Waals surface area contributed by atoms with Crippen molar-refractivity contribution in [1.82, 2.24) is 24.3 Å². The van der Waals surface area contributed by atoms with Crippen molar-refractivity contribution in [2.45, 2.75) is 30.1 Å². The number of sulfone groups is 1. The minimum Gasteiger partial charge on any atom is -0.396 e. The number of hydrogen-bond donors (Lipinski definition) is 2. The number of nitrogens with one attached hydrogen (secondary N) is 1. The fraction of sp³-hybridized carbons (Fsp3) is 0.348. The topological polar surface area (TPSA) is 121 Å². The largest absolute Gasteiger partial charge is 0.396 e. The SMILES string of the molecule is CS(=O)(=O)c1ccc(-c2nc(C3CCCN(C(=O)CCO)C3)n3c2cnc2[nH]ccc23)cc1. The average Bonchev–Trinajstić information content (AvgIpc) is 3.43. The number of carbonyl (C=O) groups excluding carboxylic acids is 1. The van der Waals surface area contributed by atoms with Crippen LogP contribution in [0.5, 0.6) is 0 Å². The Morgan fingerprint density at radius 3 is 2.73 bits per heavy atom. The molecule has 10 heteroatoms. The lowest BCUT2D eigenvalue weighted by atomic mass is 9.97. The maximum atomic E-state index is 12.4. The number of likely N-dealkylation sites (tertiary alicyclic amines) is 1. The van der Waals surface area contributed by atoms with E-state index in [4.69, 9.17) is 4.98 Å². The zero-order valence-corrected chi connectivity index (χ0v) is 19.0. The zero-order chi connectivity index (χ0) is 23.2. The van der Waals surface area contributed by atoms with Gasteiger partial charge in [0, 0.05) is 43.4 Å². The number of amides is 1. The van der Waals surface area contributed by atoms with Gasteiger partial charge in [-0.05, 0) is 31.0 Å². The smallest absolute Gasteiger partial charge is 0.224 e. The summed E-state index contributed by atoms with van der Waals surface area (Å²) in [5.41, 5.74) is 3.98. The van der Waals surface area contributed by atoms with Crippen LogP contribution in [-0.2, 0) is 14.6 Å². The summed E-state index contributed by atoms with van der Waals surface area (Å²) in [5.74, 6) is 0.826. The summed E-state index contributed by atoms with van der Waals surface area (Å²) in [7, 11) is -3.29. The van der Waals surface area contributed by atoms with E-state index in [1.165, 1.54) is 6.26 Å². The van der Waals surface area contributed by atoms with Gasteiger partial charge in [-0.2, -0.15) is 0 Å². The molecule has 0 saturated carbocycles. The second kappa shape index (κ2) is 8.27. The number of hydrogen-bond acceptors (Lipinski definition) is 6. The van der Waals surface area contributed by atoms with Crippen molar-refractivity contribution in [3.05, 3.63) is 48.5 Å². The molecule has 1 amide bonds. The van der Waals surface area contributed by atoms with Crippen LogP contribution >= 0.6 is 0 Å². The summed E-state index contributed by atoms with van der Waals surface area (Å²) in [6.07, 6.45) is 6.66. The van der Waals surface area contributed by atoms with Crippen LogP contribution in [0.4, 0.5) is 0 Å². The Labute approximate surface area is 191 Å². The van der Waals surface area contributed by atoms with E-state index >= 15 is 0 Å². The number of nitrogens with zero attached hydrogens (tertiary/aromatic N) is 4. The fourth-order valence-corrected chi connectivity index (χ4v) is 5.23. The van der Waals surface area contributed by atoms with Crippen LogP contribution in [0.15, 0.2) is 47.6 Å². The molecule has 0 spiro atoms. The fourth-order valence-electron chi connectivity index (χ4n) is 4.60. The second-order valence-electron chi connectivity index (χ2n) is 8.46. The molecule has 1 unspecified atom stereocenters. The molecule has 5 rings (SSSR count). The number of piperidine rings is 1. The van der Waals surface area contributed by atoms with Crippen molar-refractivity contribution in [3.8, 4) is 11.3 Å². The summed E-state index contributed by atoms with van der Waals surface area (Å²) in [5, 5.41) is 9.17. The minimum absolute atomic E-state index is 0.0263. The monoisotopic (exact) mass is 467 g/mol. The molecule has 0 aliphatic carbocycles. The molecule has 33 heavy (non-hydrogen) atoms.